The fourth-order valence-corrected chi connectivity index (χ4v) is 1.36. The summed E-state index contributed by atoms with van der Waals surface area (Å²) < 4.78 is 0. The summed E-state index contributed by atoms with van der Waals surface area (Å²) in [7, 11) is 0. The van der Waals surface area contributed by atoms with E-state index >= 15 is 0 Å². The lowest BCUT2D eigenvalue weighted by Gasteiger charge is -2.18. The Kier molecular flexibility index (Phi) is 7.51. The van der Waals surface area contributed by atoms with E-state index in [1.54, 1.807) is 0 Å². The Morgan fingerprint density at radius 2 is 1.92 bits per heavy atom. The molecular formula is C10H23NO. The SMILES string of the molecule is CCCCCC(C)C(N)CCO. The van der Waals surface area contributed by atoms with Gasteiger partial charge in [0, 0.05) is 12.6 Å². The van der Waals surface area contributed by atoms with Crippen molar-refractivity contribution in [1.82, 2.24) is 0 Å². The minimum absolute atomic E-state index is 0.187. The smallest absolute Gasteiger partial charge is 0.0445 e. The van der Waals surface area contributed by atoms with Crippen molar-refractivity contribution in [3.8, 4) is 0 Å². The van der Waals surface area contributed by atoms with Gasteiger partial charge in [-0.1, -0.05) is 33.1 Å². The van der Waals surface area contributed by atoms with E-state index in [2.05, 4.69) is 13.8 Å². The number of hydrogen-bond acceptors (Lipinski definition) is 2. The summed E-state index contributed by atoms with van der Waals surface area (Å²) in [5.74, 6) is 0.559. The van der Waals surface area contributed by atoms with Gasteiger partial charge in [-0.15, -0.1) is 0 Å². The zero-order valence-corrected chi connectivity index (χ0v) is 8.42. The van der Waals surface area contributed by atoms with Gasteiger partial charge in [0.1, 0.15) is 0 Å². The number of unbranched alkanes of at least 4 members (excludes halogenated alkanes) is 2. The summed E-state index contributed by atoms with van der Waals surface area (Å²) in [5.41, 5.74) is 5.85. The van der Waals surface area contributed by atoms with Crippen molar-refractivity contribution in [3.63, 3.8) is 0 Å². The van der Waals surface area contributed by atoms with Gasteiger partial charge >= 0.3 is 0 Å². The monoisotopic (exact) mass is 173 g/mol. The van der Waals surface area contributed by atoms with E-state index in [1.165, 1.54) is 25.7 Å². The quantitative estimate of drug-likeness (QED) is 0.578. The molecule has 0 radical (unpaired) electrons. The Morgan fingerprint density at radius 3 is 2.42 bits per heavy atom. The van der Waals surface area contributed by atoms with Crippen molar-refractivity contribution in [1.29, 1.82) is 0 Å². The van der Waals surface area contributed by atoms with Gasteiger partial charge < -0.3 is 10.8 Å². The summed E-state index contributed by atoms with van der Waals surface area (Å²) in [6.45, 7) is 4.60. The molecule has 2 heteroatoms. The molecule has 0 saturated carbocycles. The van der Waals surface area contributed by atoms with E-state index in [-0.39, 0.29) is 12.6 Å². The maximum Gasteiger partial charge on any atom is 0.0445 e. The number of aliphatic hydroxyl groups excluding tert-OH is 1. The Balaban J connectivity index is 3.35. The number of rotatable bonds is 7. The van der Waals surface area contributed by atoms with Crippen LogP contribution in [-0.4, -0.2) is 17.8 Å². The lowest BCUT2D eigenvalue weighted by molar-refractivity contribution is 0.254. The van der Waals surface area contributed by atoms with Crippen LogP contribution < -0.4 is 5.73 Å². The molecule has 74 valence electrons. The number of nitrogens with two attached hydrogens (primary N) is 1. The van der Waals surface area contributed by atoms with Gasteiger partial charge in [0.05, 0.1) is 0 Å². The fraction of sp³-hybridized carbons (Fsp3) is 1.00. The molecule has 0 aliphatic rings. The van der Waals surface area contributed by atoms with Crippen molar-refractivity contribution in [2.24, 2.45) is 11.7 Å². The topological polar surface area (TPSA) is 46.2 Å². The van der Waals surface area contributed by atoms with Crippen LogP contribution in [0.25, 0.3) is 0 Å². The molecule has 0 fully saturated rings. The highest BCUT2D eigenvalue weighted by Crippen LogP contribution is 2.13. The highest BCUT2D eigenvalue weighted by Gasteiger charge is 2.10. The molecule has 0 aliphatic heterocycles. The Hall–Kier alpha value is -0.0800. The highest BCUT2D eigenvalue weighted by atomic mass is 16.3. The first-order valence-corrected chi connectivity index (χ1v) is 5.08. The standard InChI is InChI=1S/C10H23NO/c1-3-4-5-6-9(2)10(11)7-8-12/h9-10,12H,3-8,11H2,1-2H3. The zero-order chi connectivity index (χ0) is 9.40. The summed E-state index contributed by atoms with van der Waals surface area (Å²) in [6, 6.07) is 0.187. The van der Waals surface area contributed by atoms with Crippen LogP contribution in [0, 0.1) is 5.92 Å². The first-order chi connectivity index (χ1) is 5.72. The highest BCUT2D eigenvalue weighted by molar-refractivity contribution is 4.68. The van der Waals surface area contributed by atoms with Crippen LogP contribution >= 0.6 is 0 Å². The average molecular weight is 173 g/mol. The molecule has 0 bridgehead atoms. The molecule has 0 spiro atoms. The molecule has 0 aromatic carbocycles. The largest absolute Gasteiger partial charge is 0.396 e. The lowest BCUT2D eigenvalue weighted by Crippen LogP contribution is -2.29. The summed E-state index contributed by atoms with van der Waals surface area (Å²) in [4.78, 5) is 0. The molecule has 0 aromatic heterocycles. The molecule has 0 amide bonds. The van der Waals surface area contributed by atoms with Gasteiger partial charge in [-0.2, -0.15) is 0 Å². The molecule has 0 saturated heterocycles. The second kappa shape index (κ2) is 7.56. The van der Waals surface area contributed by atoms with Gasteiger partial charge in [-0.25, -0.2) is 0 Å². The first-order valence-electron chi connectivity index (χ1n) is 5.08. The van der Waals surface area contributed by atoms with Crippen LogP contribution in [0.2, 0.25) is 0 Å². The molecule has 12 heavy (non-hydrogen) atoms. The van der Waals surface area contributed by atoms with Crippen molar-refractivity contribution >= 4 is 0 Å². The van der Waals surface area contributed by atoms with Crippen LogP contribution in [0.15, 0.2) is 0 Å². The van der Waals surface area contributed by atoms with E-state index < -0.39 is 0 Å². The third-order valence-corrected chi connectivity index (χ3v) is 2.46. The minimum atomic E-state index is 0.187. The maximum absolute atomic E-state index is 8.68. The minimum Gasteiger partial charge on any atom is -0.396 e. The average Bonchev–Trinajstić information content (AvgIpc) is 2.05. The van der Waals surface area contributed by atoms with Gasteiger partial charge in [0.15, 0.2) is 0 Å². The van der Waals surface area contributed by atoms with Crippen LogP contribution in [-0.2, 0) is 0 Å². The molecule has 0 heterocycles. The van der Waals surface area contributed by atoms with E-state index in [9.17, 15) is 0 Å². The molecule has 3 N–H and O–H groups in total. The van der Waals surface area contributed by atoms with E-state index in [4.69, 9.17) is 10.8 Å². The van der Waals surface area contributed by atoms with Crippen molar-refractivity contribution < 1.29 is 5.11 Å². The predicted octanol–water partition coefficient (Wildman–Crippen LogP) is 1.91. The van der Waals surface area contributed by atoms with E-state index in [0.29, 0.717) is 5.92 Å². The van der Waals surface area contributed by atoms with Crippen LogP contribution in [0.5, 0.6) is 0 Å². The predicted molar refractivity (Wildman–Crippen MR) is 53.0 cm³/mol. The molecule has 0 aliphatic carbocycles. The summed E-state index contributed by atoms with van der Waals surface area (Å²) >= 11 is 0. The maximum atomic E-state index is 8.68. The Labute approximate surface area is 76.2 Å². The summed E-state index contributed by atoms with van der Waals surface area (Å²) in [5, 5.41) is 8.68. The van der Waals surface area contributed by atoms with Gasteiger partial charge in [-0.05, 0) is 18.8 Å². The van der Waals surface area contributed by atoms with Gasteiger partial charge in [-0.3, -0.25) is 0 Å². The molecular weight excluding hydrogens is 150 g/mol. The normalized spacial score (nSPS) is 16.0. The van der Waals surface area contributed by atoms with E-state index in [1.807, 2.05) is 0 Å². The van der Waals surface area contributed by atoms with Gasteiger partial charge in [0.25, 0.3) is 0 Å². The van der Waals surface area contributed by atoms with E-state index in [0.717, 1.165) is 6.42 Å². The molecule has 2 atom stereocenters. The molecule has 2 nitrogen and oxygen atoms in total. The first kappa shape index (κ1) is 11.9. The fourth-order valence-electron chi connectivity index (χ4n) is 1.36. The van der Waals surface area contributed by atoms with Gasteiger partial charge in [0.2, 0.25) is 0 Å². The number of hydrogen-bond donors (Lipinski definition) is 2. The second-order valence-electron chi connectivity index (χ2n) is 3.65. The van der Waals surface area contributed by atoms with Crippen LogP contribution in [0.4, 0.5) is 0 Å². The van der Waals surface area contributed by atoms with Crippen molar-refractivity contribution in [2.75, 3.05) is 6.61 Å². The third kappa shape index (κ3) is 5.56. The van der Waals surface area contributed by atoms with Crippen LogP contribution in [0.3, 0.4) is 0 Å². The Morgan fingerprint density at radius 1 is 1.25 bits per heavy atom. The van der Waals surface area contributed by atoms with Crippen molar-refractivity contribution in [3.05, 3.63) is 0 Å². The number of aliphatic hydroxyl groups is 1. The van der Waals surface area contributed by atoms with Crippen LogP contribution in [0.1, 0.15) is 46.0 Å². The lowest BCUT2D eigenvalue weighted by atomic mass is 9.94. The molecule has 2 unspecified atom stereocenters. The third-order valence-electron chi connectivity index (χ3n) is 2.46. The zero-order valence-electron chi connectivity index (χ0n) is 8.42. The Bertz CT molecular complexity index is 95.8. The molecule has 0 aromatic rings. The summed E-state index contributed by atoms with van der Waals surface area (Å²) in [6.07, 6.45) is 5.79. The second-order valence-corrected chi connectivity index (χ2v) is 3.65. The molecule has 0 rings (SSSR count). The van der Waals surface area contributed by atoms with Crippen molar-refractivity contribution in [2.45, 2.75) is 52.0 Å².